The monoisotopic (exact) mass is 454 g/mol. The molecule has 7 heteroatoms. The standard InChI is InChI=1S/C24H27ClN4OS/c1-28-12-14-29(15-13-28)23-27-20-9-8-19(16-21(20)31-23)26-22(30)24(10-2-3-11-24)17-4-6-18(25)7-5-17/h4-9,16H,2-3,10-15H2,1H3,(H,26,30). The number of amides is 1. The van der Waals surface area contributed by atoms with Crippen LogP contribution in [0.5, 0.6) is 0 Å². The van der Waals surface area contributed by atoms with E-state index in [1.54, 1.807) is 11.3 Å². The molecule has 5 rings (SSSR count). The first kappa shape index (κ1) is 20.7. The molecular weight excluding hydrogens is 428 g/mol. The summed E-state index contributed by atoms with van der Waals surface area (Å²) in [6.45, 7) is 4.13. The van der Waals surface area contributed by atoms with Crippen LogP contribution in [0, 0.1) is 0 Å². The molecular formula is C24H27ClN4OS. The van der Waals surface area contributed by atoms with Crippen LogP contribution in [-0.4, -0.2) is 49.0 Å². The highest BCUT2D eigenvalue weighted by atomic mass is 35.5. The first-order chi connectivity index (χ1) is 15.0. The average molecular weight is 455 g/mol. The minimum absolute atomic E-state index is 0.0791. The lowest BCUT2D eigenvalue weighted by molar-refractivity contribution is -0.121. The summed E-state index contributed by atoms with van der Waals surface area (Å²) in [6, 6.07) is 13.8. The second kappa shape index (κ2) is 8.41. The van der Waals surface area contributed by atoms with Gasteiger partial charge in [-0.25, -0.2) is 4.98 Å². The topological polar surface area (TPSA) is 48.5 Å². The Morgan fingerprint density at radius 1 is 1.06 bits per heavy atom. The maximum absolute atomic E-state index is 13.5. The van der Waals surface area contributed by atoms with Crippen molar-refractivity contribution in [1.29, 1.82) is 0 Å². The zero-order chi connectivity index (χ0) is 21.4. The molecule has 3 aromatic rings. The number of halogens is 1. The van der Waals surface area contributed by atoms with Crippen LogP contribution in [0.15, 0.2) is 42.5 Å². The zero-order valence-corrected chi connectivity index (χ0v) is 19.3. The summed E-state index contributed by atoms with van der Waals surface area (Å²) in [7, 11) is 2.16. The quantitative estimate of drug-likeness (QED) is 0.592. The predicted molar refractivity (Wildman–Crippen MR) is 130 cm³/mol. The van der Waals surface area contributed by atoms with E-state index in [1.165, 1.54) is 0 Å². The van der Waals surface area contributed by atoms with Gasteiger partial charge in [0, 0.05) is 36.9 Å². The number of carbonyl (C=O) groups is 1. The van der Waals surface area contributed by atoms with Gasteiger partial charge in [-0.2, -0.15) is 0 Å². The van der Waals surface area contributed by atoms with Crippen molar-refractivity contribution in [2.45, 2.75) is 31.1 Å². The molecule has 5 nitrogen and oxygen atoms in total. The molecule has 0 atom stereocenters. The summed E-state index contributed by atoms with van der Waals surface area (Å²) in [4.78, 5) is 23.0. The number of nitrogens with zero attached hydrogens (tertiary/aromatic N) is 3. The van der Waals surface area contributed by atoms with Gasteiger partial charge >= 0.3 is 0 Å². The molecule has 0 unspecified atom stereocenters. The van der Waals surface area contributed by atoms with Crippen molar-refractivity contribution < 1.29 is 4.79 Å². The first-order valence-corrected chi connectivity index (χ1v) is 12.1. The van der Waals surface area contributed by atoms with E-state index in [-0.39, 0.29) is 5.91 Å². The molecule has 0 bridgehead atoms. The van der Waals surface area contributed by atoms with Crippen molar-refractivity contribution >= 4 is 49.9 Å². The second-order valence-corrected chi connectivity index (χ2v) is 10.2. The Morgan fingerprint density at radius 3 is 2.48 bits per heavy atom. The van der Waals surface area contributed by atoms with Gasteiger partial charge in [-0.15, -0.1) is 0 Å². The summed E-state index contributed by atoms with van der Waals surface area (Å²) in [5.41, 5.74) is 2.41. The molecule has 1 saturated carbocycles. The minimum Gasteiger partial charge on any atom is -0.345 e. The van der Waals surface area contributed by atoms with Crippen LogP contribution in [-0.2, 0) is 10.2 Å². The van der Waals surface area contributed by atoms with E-state index in [0.29, 0.717) is 5.02 Å². The molecule has 2 aliphatic rings. The fraction of sp³-hybridized carbons (Fsp3) is 0.417. The van der Waals surface area contributed by atoms with Crippen molar-refractivity contribution in [2.24, 2.45) is 0 Å². The van der Waals surface area contributed by atoms with E-state index >= 15 is 0 Å². The number of anilines is 2. The number of nitrogens with one attached hydrogen (secondary N) is 1. The molecule has 1 aromatic heterocycles. The fourth-order valence-electron chi connectivity index (χ4n) is 4.77. The highest BCUT2D eigenvalue weighted by molar-refractivity contribution is 7.22. The lowest BCUT2D eigenvalue weighted by Crippen LogP contribution is -2.44. The van der Waals surface area contributed by atoms with E-state index in [1.807, 2.05) is 36.4 Å². The number of hydrogen-bond donors (Lipinski definition) is 1. The second-order valence-electron chi connectivity index (χ2n) is 8.72. The summed E-state index contributed by atoms with van der Waals surface area (Å²) in [6.07, 6.45) is 3.88. The Hall–Kier alpha value is -2.15. The molecule has 1 saturated heterocycles. The Kier molecular flexibility index (Phi) is 5.63. The van der Waals surface area contributed by atoms with Crippen molar-refractivity contribution in [2.75, 3.05) is 43.4 Å². The van der Waals surface area contributed by atoms with Crippen LogP contribution < -0.4 is 10.2 Å². The lowest BCUT2D eigenvalue weighted by Gasteiger charge is -2.32. The van der Waals surface area contributed by atoms with Crippen LogP contribution in [0.3, 0.4) is 0 Å². The maximum atomic E-state index is 13.5. The van der Waals surface area contributed by atoms with E-state index in [0.717, 1.165) is 78.5 Å². The zero-order valence-electron chi connectivity index (χ0n) is 17.7. The molecule has 0 radical (unpaired) electrons. The SMILES string of the molecule is CN1CCN(c2nc3ccc(NC(=O)C4(c5ccc(Cl)cc5)CCCC4)cc3s2)CC1. The Morgan fingerprint density at radius 2 is 1.77 bits per heavy atom. The van der Waals surface area contributed by atoms with E-state index in [2.05, 4.69) is 28.2 Å². The van der Waals surface area contributed by atoms with Crippen molar-refractivity contribution in [3.8, 4) is 0 Å². The van der Waals surface area contributed by atoms with Crippen molar-refractivity contribution in [3.05, 3.63) is 53.1 Å². The molecule has 0 spiro atoms. The third kappa shape index (κ3) is 4.04. The van der Waals surface area contributed by atoms with E-state index < -0.39 is 5.41 Å². The smallest absolute Gasteiger partial charge is 0.235 e. The summed E-state index contributed by atoms with van der Waals surface area (Å²) < 4.78 is 1.11. The third-order valence-electron chi connectivity index (χ3n) is 6.70. The van der Waals surface area contributed by atoms with Gasteiger partial charge in [-0.05, 0) is 55.8 Å². The van der Waals surface area contributed by atoms with Gasteiger partial charge < -0.3 is 15.1 Å². The number of hydrogen-bond acceptors (Lipinski definition) is 5. The van der Waals surface area contributed by atoms with Crippen molar-refractivity contribution in [3.63, 3.8) is 0 Å². The molecule has 1 amide bonds. The largest absolute Gasteiger partial charge is 0.345 e. The Labute approximate surface area is 192 Å². The number of benzene rings is 2. The number of thiazole rings is 1. The highest BCUT2D eigenvalue weighted by Crippen LogP contribution is 2.42. The summed E-state index contributed by atoms with van der Waals surface area (Å²) in [5.74, 6) is 0.0791. The molecule has 1 aliphatic carbocycles. The predicted octanol–water partition coefficient (Wildman–Crippen LogP) is 5.15. The molecule has 31 heavy (non-hydrogen) atoms. The van der Waals surface area contributed by atoms with Gasteiger partial charge in [-0.1, -0.05) is 47.9 Å². The molecule has 2 aromatic carbocycles. The highest BCUT2D eigenvalue weighted by Gasteiger charge is 2.42. The van der Waals surface area contributed by atoms with E-state index in [9.17, 15) is 4.79 Å². The first-order valence-electron chi connectivity index (χ1n) is 11.0. The van der Waals surface area contributed by atoms with E-state index in [4.69, 9.17) is 16.6 Å². The Bertz CT molecular complexity index is 1080. The minimum atomic E-state index is -0.474. The molecule has 1 aliphatic heterocycles. The number of aromatic nitrogens is 1. The van der Waals surface area contributed by atoms with Gasteiger partial charge in [0.15, 0.2) is 5.13 Å². The fourth-order valence-corrected chi connectivity index (χ4v) is 5.95. The number of likely N-dealkylation sites (N-methyl/N-ethyl adjacent to an activating group) is 1. The summed E-state index contributed by atoms with van der Waals surface area (Å²) in [5, 5.41) is 4.98. The number of fused-ring (bicyclic) bond motifs is 1. The van der Waals surface area contributed by atoms with Gasteiger partial charge in [0.1, 0.15) is 0 Å². The molecule has 2 heterocycles. The summed E-state index contributed by atoms with van der Waals surface area (Å²) >= 11 is 7.79. The maximum Gasteiger partial charge on any atom is 0.235 e. The molecule has 162 valence electrons. The van der Waals surface area contributed by atoms with Crippen LogP contribution in [0.4, 0.5) is 10.8 Å². The van der Waals surface area contributed by atoms with Crippen LogP contribution >= 0.6 is 22.9 Å². The number of piperazine rings is 1. The normalized spacial score (nSPS) is 19.1. The average Bonchev–Trinajstić information content (AvgIpc) is 3.42. The van der Waals surface area contributed by atoms with Crippen LogP contribution in [0.25, 0.3) is 10.2 Å². The van der Waals surface area contributed by atoms with Crippen LogP contribution in [0.1, 0.15) is 31.2 Å². The van der Waals surface area contributed by atoms with Crippen LogP contribution in [0.2, 0.25) is 5.02 Å². The number of carbonyl (C=O) groups excluding carboxylic acids is 1. The third-order valence-corrected chi connectivity index (χ3v) is 8.03. The van der Waals surface area contributed by atoms with Gasteiger partial charge in [-0.3, -0.25) is 4.79 Å². The van der Waals surface area contributed by atoms with Gasteiger partial charge in [0.05, 0.1) is 15.6 Å². The molecule has 1 N–H and O–H groups in total. The van der Waals surface area contributed by atoms with Gasteiger partial charge in [0.2, 0.25) is 5.91 Å². The van der Waals surface area contributed by atoms with Crippen molar-refractivity contribution in [1.82, 2.24) is 9.88 Å². The Balaban J connectivity index is 1.38. The lowest BCUT2D eigenvalue weighted by atomic mass is 9.78. The molecule has 2 fully saturated rings. The van der Waals surface area contributed by atoms with Gasteiger partial charge in [0.25, 0.3) is 0 Å². The number of rotatable bonds is 4.